The lowest BCUT2D eigenvalue weighted by Crippen LogP contribution is -2.23. The van der Waals surface area contributed by atoms with E-state index in [4.69, 9.17) is 0 Å². The van der Waals surface area contributed by atoms with Gasteiger partial charge in [0.1, 0.15) is 0 Å². The number of sulfonamides is 1. The molecule has 1 N–H and O–H groups in total. The van der Waals surface area contributed by atoms with Gasteiger partial charge < -0.3 is 0 Å². The lowest BCUT2D eigenvalue weighted by Gasteiger charge is -2.21. The molecule has 1 aliphatic rings. The average molecular weight is 322 g/mol. The van der Waals surface area contributed by atoms with Gasteiger partial charge in [-0.3, -0.25) is 0 Å². The monoisotopic (exact) mass is 322 g/mol. The highest BCUT2D eigenvalue weighted by Gasteiger charge is 2.18. The summed E-state index contributed by atoms with van der Waals surface area (Å²) in [5, 5.41) is 4.13. The van der Waals surface area contributed by atoms with Crippen LogP contribution in [0.2, 0.25) is 0 Å². The molecule has 5 heteroatoms. The normalized spacial score (nSPS) is 17.7. The Morgan fingerprint density at radius 2 is 1.73 bits per heavy atom. The van der Waals surface area contributed by atoms with E-state index in [0.717, 1.165) is 24.1 Å². The van der Waals surface area contributed by atoms with Crippen molar-refractivity contribution in [3.05, 3.63) is 29.8 Å². The minimum atomic E-state index is -3.57. The van der Waals surface area contributed by atoms with Gasteiger partial charge in [0.05, 0.1) is 4.90 Å². The van der Waals surface area contributed by atoms with Gasteiger partial charge in [0.25, 0.3) is 10.0 Å². The van der Waals surface area contributed by atoms with Crippen LogP contribution in [0.1, 0.15) is 64.4 Å². The van der Waals surface area contributed by atoms with Crippen molar-refractivity contribution < 1.29 is 8.42 Å². The molecule has 0 aliphatic heterocycles. The second kappa shape index (κ2) is 7.27. The van der Waals surface area contributed by atoms with Crippen LogP contribution in [0.25, 0.3) is 0 Å². The van der Waals surface area contributed by atoms with Gasteiger partial charge >= 0.3 is 0 Å². The van der Waals surface area contributed by atoms with E-state index in [-0.39, 0.29) is 4.90 Å². The highest BCUT2D eigenvalue weighted by Crippen LogP contribution is 2.24. The van der Waals surface area contributed by atoms with Gasteiger partial charge in [-0.1, -0.05) is 45.2 Å². The van der Waals surface area contributed by atoms with Crippen LogP contribution in [0, 0.1) is 5.92 Å². The van der Waals surface area contributed by atoms with Crippen LogP contribution in [0.5, 0.6) is 0 Å². The summed E-state index contributed by atoms with van der Waals surface area (Å²) < 4.78 is 24.6. The molecule has 0 unspecified atom stereocenters. The molecular formula is C17H26N2O2S. The third-order valence-corrected chi connectivity index (χ3v) is 5.62. The quantitative estimate of drug-likeness (QED) is 0.657. The average Bonchev–Trinajstić information content (AvgIpc) is 2.53. The molecule has 0 radical (unpaired) electrons. The van der Waals surface area contributed by atoms with E-state index in [1.54, 1.807) is 12.1 Å². The van der Waals surface area contributed by atoms with Crippen molar-refractivity contribution in [3.63, 3.8) is 0 Å². The first-order valence-corrected chi connectivity index (χ1v) is 9.54. The van der Waals surface area contributed by atoms with Crippen molar-refractivity contribution in [1.82, 2.24) is 4.83 Å². The molecule has 0 atom stereocenters. The minimum absolute atomic E-state index is 0.261. The summed E-state index contributed by atoms with van der Waals surface area (Å²) in [4.78, 5) is 2.64. The van der Waals surface area contributed by atoms with E-state index >= 15 is 0 Å². The lowest BCUT2D eigenvalue weighted by atomic mass is 9.86. The molecule has 0 bridgehead atoms. The van der Waals surface area contributed by atoms with E-state index in [1.165, 1.54) is 19.3 Å². The fourth-order valence-corrected chi connectivity index (χ4v) is 3.69. The number of nitrogens with one attached hydrogen (secondary N) is 1. The third-order valence-electron chi connectivity index (χ3n) is 4.40. The zero-order chi connectivity index (χ0) is 16.2. The number of benzene rings is 1. The maximum Gasteiger partial charge on any atom is 0.276 e. The fourth-order valence-electron chi connectivity index (χ4n) is 2.83. The standard InChI is InChI=1S/C17H26N2O2S/c1-13(2)15-9-11-17(12-10-15)22(20,21)19-18-14(3)16-7-5-4-6-8-16/h9-13,16,19H,4-8H2,1-3H3/b18-14+. The van der Waals surface area contributed by atoms with E-state index in [9.17, 15) is 8.42 Å². The summed E-state index contributed by atoms with van der Waals surface area (Å²) in [7, 11) is -3.57. The first-order chi connectivity index (χ1) is 10.4. The Kier molecular flexibility index (Phi) is 5.62. The van der Waals surface area contributed by atoms with Crippen molar-refractivity contribution in [2.24, 2.45) is 11.0 Å². The molecule has 0 saturated heterocycles. The van der Waals surface area contributed by atoms with Gasteiger partial charge in [0, 0.05) is 5.71 Å². The Labute approximate surface area is 134 Å². The summed E-state index contributed by atoms with van der Waals surface area (Å²) >= 11 is 0. The van der Waals surface area contributed by atoms with Crippen LogP contribution in [0.3, 0.4) is 0 Å². The predicted molar refractivity (Wildman–Crippen MR) is 90.5 cm³/mol. The first kappa shape index (κ1) is 17.0. The van der Waals surface area contributed by atoms with E-state index in [1.807, 2.05) is 19.1 Å². The molecule has 0 aromatic heterocycles. The summed E-state index contributed by atoms with van der Waals surface area (Å²) in [6, 6.07) is 7.00. The van der Waals surface area contributed by atoms with Crippen LogP contribution in [0.15, 0.2) is 34.3 Å². The zero-order valence-electron chi connectivity index (χ0n) is 13.7. The molecule has 1 aromatic carbocycles. The SMILES string of the molecule is C/C(=N\NS(=O)(=O)c1ccc(C(C)C)cc1)C1CCCCC1. The van der Waals surface area contributed by atoms with E-state index < -0.39 is 10.0 Å². The topological polar surface area (TPSA) is 58.5 Å². The molecule has 0 heterocycles. The molecule has 1 aliphatic carbocycles. The smallest absolute Gasteiger partial charge is 0.200 e. The summed E-state index contributed by atoms with van der Waals surface area (Å²) in [5.74, 6) is 0.802. The molecule has 122 valence electrons. The van der Waals surface area contributed by atoms with Crippen LogP contribution in [0.4, 0.5) is 0 Å². The molecule has 1 aromatic rings. The number of hydrogen-bond acceptors (Lipinski definition) is 3. The summed E-state index contributed by atoms with van der Waals surface area (Å²) in [6.07, 6.45) is 5.92. The van der Waals surface area contributed by atoms with Crippen molar-refractivity contribution in [3.8, 4) is 0 Å². The molecule has 2 rings (SSSR count). The highest BCUT2D eigenvalue weighted by atomic mass is 32.2. The Morgan fingerprint density at radius 1 is 1.14 bits per heavy atom. The minimum Gasteiger partial charge on any atom is -0.200 e. The maximum atomic E-state index is 12.3. The Hall–Kier alpha value is -1.36. The molecule has 0 amide bonds. The molecule has 22 heavy (non-hydrogen) atoms. The van der Waals surface area contributed by atoms with Crippen LogP contribution in [-0.4, -0.2) is 14.1 Å². The molecular weight excluding hydrogens is 296 g/mol. The van der Waals surface area contributed by atoms with Crippen molar-refractivity contribution >= 4 is 15.7 Å². The van der Waals surface area contributed by atoms with E-state index in [2.05, 4.69) is 23.8 Å². The maximum absolute atomic E-state index is 12.3. The summed E-state index contributed by atoms with van der Waals surface area (Å²) in [6.45, 7) is 6.08. The second-order valence-corrected chi connectivity index (χ2v) is 8.07. The van der Waals surface area contributed by atoms with Crippen molar-refractivity contribution in [2.75, 3.05) is 0 Å². The zero-order valence-corrected chi connectivity index (χ0v) is 14.5. The van der Waals surface area contributed by atoms with E-state index in [0.29, 0.717) is 11.8 Å². The molecule has 1 saturated carbocycles. The van der Waals surface area contributed by atoms with Gasteiger partial charge in [0.15, 0.2) is 0 Å². The molecule has 4 nitrogen and oxygen atoms in total. The number of hydrogen-bond donors (Lipinski definition) is 1. The number of hydrazone groups is 1. The summed E-state index contributed by atoms with van der Waals surface area (Å²) in [5.41, 5.74) is 2.02. The Bertz CT molecular complexity index is 613. The largest absolute Gasteiger partial charge is 0.276 e. The van der Waals surface area contributed by atoms with Crippen LogP contribution in [-0.2, 0) is 10.0 Å². The van der Waals surface area contributed by atoms with Gasteiger partial charge in [-0.05, 0) is 49.3 Å². The Morgan fingerprint density at radius 3 is 2.27 bits per heavy atom. The van der Waals surface area contributed by atoms with Gasteiger partial charge in [-0.15, -0.1) is 0 Å². The molecule has 0 spiro atoms. The fraction of sp³-hybridized carbons (Fsp3) is 0.588. The van der Waals surface area contributed by atoms with Gasteiger partial charge in [-0.2, -0.15) is 13.5 Å². The van der Waals surface area contributed by atoms with Crippen molar-refractivity contribution in [2.45, 2.75) is 63.7 Å². The second-order valence-electron chi connectivity index (χ2n) is 6.41. The van der Waals surface area contributed by atoms with Gasteiger partial charge in [-0.25, -0.2) is 4.83 Å². The number of nitrogens with zero attached hydrogens (tertiary/aromatic N) is 1. The molecule has 1 fully saturated rings. The third kappa shape index (κ3) is 4.32. The van der Waals surface area contributed by atoms with Crippen molar-refractivity contribution in [1.29, 1.82) is 0 Å². The first-order valence-electron chi connectivity index (χ1n) is 8.06. The lowest BCUT2D eigenvalue weighted by molar-refractivity contribution is 0.437. The Balaban J connectivity index is 2.06. The predicted octanol–water partition coefficient (Wildman–Crippen LogP) is 4.04. The highest BCUT2D eigenvalue weighted by molar-refractivity contribution is 7.89. The van der Waals surface area contributed by atoms with Crippen LogP contribution < -0.4 is 4.83 Å². The van der Waals surface area contributed by atoms with Crippen LogP contribution >= 0.6 is 0 Å². The van der Waals surface area contributed by atoms with Gasteiger partial charge in [0.2, 0.25) is 0 Å². The number of rotatable bonds is 5.